The van der Waals surface area contributed by atoms with Crippen LogP contribution in [-0.2, 0) is 0 Å². The Morgan fingerprint density at radius 2 is 2.03 bits per heavy atom. The monoisotopic (exact) mass is 469 g/mol. The van der Waals surface area contributed by atoms with Crippen molar-refractivity contribution < 1.29 is 14.3 Å². The van der Waals surface area contributed by atoms with Crippen LogP contribution in [0.3, 0.4) is 0 Å². The summed E-state index contributed by atoms with van der Waals surface area (Å²) in [7, 11) is 0. The fourth-order valence-corrected chi connectivity index (χ4v) is 4.95. The van der Waals surface area contributed by atoms with Crippen LogP contribution in [-0.4, -0.2) is 38.3 Å². The maximum absolute atomic E-state index is 12.7. The molecule has 3 aromatic rings. The third-order valence-corrected chi connectivity index (χ3v) is 6.53. The van der Waals surface area contributed by atoms with Crippen molar-refractivity contribution in [3.8, 4) is 5.88 Å². The number of amides is 2. The fourth-order valence-electron chi connectivity index (χ4n) is 4.62. The topological polar surface area (TPSA) is 112 Å². The van der Waals surface area contributed by atoms with Gasteiger partial charge in [0.25, 0.3) is 11.8 Å². The number of rotatable bonds is 5. The first kappa shape index (κ1) is 19.0. The normalized spacial score (nSPS) is 24.8. The second kappa shape index (κ2) is 7.09. The minimum Gasteiger partial charge on any atom is -0.474 e. The highest BCUT2D eigenvalue weighted by Crippen LogP contribution is 2.56. The van der Waals surface area contributed by atoms with Gasteiger partial charge in [-0.1, -0.05) is 15.9 Å². The molecular formula is C21H20BrN5O3. The van der Waals surface area contributed by atoms with Crippen LogP contribution in [0.5, 0.6) is 5.88 Å². The van der Waals surface area contributed by atoms with E-state index in [1.54, 1.807) is 28.9 Å². The average molecular weight is 470 g/mol. The SMILES string of the molecule is NC(=O)c1cccnc1OC1CC2(CC(NC(=O)c3cnc4cc(Br)ccn34)C2)C1. The molecule has 0 saturated heterocycles. The summed E-state index contributed by atoms with van der Waals surface area (Å²) in [5.74, 6) is -0.358. The predicted octanol–water partition coefficient (Wildman–Crippen LogP) is 2.71. The lowest BCUT2D eigenvalue weighted by molar-refractivity contribution is -0.0848. The van der Waals surface area contributed by atoms with Crippen molar-refractivity contribution in [1.29, 1.82) is 0 Å². The maximum Gasteiger partial charge on any atom is 0.270 e. The number of halogens is 1. The number of nitrogens with zero attached hydrogens (tertiary/aromatic N) is 3. The van der Waals surface area contributed by atoms with Gasteiger partial charge in [0.15, 0.2) is 0 Å². The van der Waals surface area contributed by atoms with Crippen LogP contribution in [0.2, 0.25) is 0 Å². The molecule has 1 spiro atoms. The summed E-state index contributed by atoms with van der Waals surface area (Å²) in [4.78, 5) is 32.6. The first-order valence-electron chi connectivity index (χ1n) is 9.77. The molecule has 154 valence electrons. The molecule has 2 aliphatic rings. The van der Waals surface area contributed by atoms with Gasteiger partial charge in [-0.3, -0.25) is 14.0 Å². The number of aromatic nitrogens is 3. The molecule has 9 heteroatoms. The van der Waals surface area contributed by atoms with Gasteiger partial charge in [-0.05, 0) is 55.4 Å². The van der Waals surface area contributed by atoms with E-state index in [-0.39, 0.29) is 23.5 Å². The molecule has 0 aromatic carbocycles. The van der Waals surface area contributed by atoms with Crippen molar-refractivity contribution in [2.45, 2.75) is 37.8 Å². The lowest BCUT2D eigenvalue weighted by Crippen LogP contribution is -2.58. The van der Waals surface area contributed by atoms with Crippen LogP contribution in [0.15, 0.2) is 47.3 Å². The molecule has 2 saturated carbocycles. The molecule has 0 radical (unpaired) electrons. The largest absolute Gasteiger partial charge is 0.474 e. The summed E-state index contributed by atoms with van der Waals surface area (Å²) < 4.78 is 8.60. The quantitative estimate of drug-likeness (QED) is 0.596. The van der Waals surface area contributed by atoms with E-state index in [1.807, 2.05) is 18.3 Å². The van der Waals surface area contributed by atoms with E-state index < -0.39 is 5.91 Å². The molecular weight excluding hydrogens is 450 g/mol. The molecule has 8 nitrogen and oxygen atoms in total. The standard InChI is InChI=1S/C21H20BrN5O3/c22-12-3-5-27-16(11-25-17(27)6-12)19(29)26-13-7-21(8-13)9-14(10-21)30-20-15(18(23)28)2-1-4-24-20/h1-6,11,13-14H,7-10H2,(H2,23,28)(H,26,29). The third kappa shape index (κ3) is 3.32. The lowest BCUT2D eigenvalue weighted by atomic mass is 9.53. The minimum absolute atomic E-state index is 0.0203. The molecule has 2 aliphatic carbocycles. The smallest absolute Gasteiger partial charge is 0.270 e. The van der Waals surface area contributed by atoms with E-state index in [0.717, 1.165) is 35.8 Å². The van der Waals surface area contributed by atoms with Crippen molar-refractivity contribution in [1.82, 2.24) is 19.7 Å². The van der Waals surface area contributed by atoms with Gasteiger partial charge >= 0.3 is 0 Å². The Balaban J connectivity index is 1.15. The van der Waals surface area contributed by atoms with Crippen LogP contribution in [0, 0.1) is 5.41 Å². The molecule has 2 amide bonds. The van der Waals surface area contributed by atoms with E-state index in [2.05, 4.69) is 31.2 Å². The Bertz CT molecular complexity index is 1150. The van der Waals surface area contributed by atoms with Gasteiger partial charge < -0.3 is 15.8 Å². The van der Waals surface area contributed by atoms with Crippen molar-refractivity contribution in [3.05, 3.63) is 58.6 Å². The first-order chi connectivity index (χ1) is 14.4. The summed E-state index contributed by atoms with van der Waals surface area (Å²) in [5, 5.41) is 3.11. The molecule has 3 heterocycles. The van der Waals surface area contributed by atoms with Crippen LogP contribution >= 0.6 is 15.9 Å². The number of pyridine rings is 2. The second-order valence-corrected chi connectivity index (χ2v) is 9.08. The van der Waals surface area contributed by atoms with Crippen LogP contribution < -0.4 is 15.8 Å². The first-order valence-corrected chi connectivity index (χ1v) is 10.6. The number of carbonyl (C=O) groups excluding carboxylic acids is 2. The Kier molecular flexibility index (Phi) is 4.50. The van der Waals surface area contributed by atoms with E-state index in [1.165, 1.54) is 0 Å². The highest BCUT2D eigenvalue weighted by atomic mass is 79.9. The van der Waals surface area contributed by atoms with Crippen LogP contribution in [0.4, 0.5) is 0 Å². The molecule has 0 bridgehead atoms. The van der Waals surface area contributed by atoms with Crippen molar-refractivity contribution in [2.75, 3.05) is 0 Å². The Morgan fingerprint density at radius 3 is 2.80 bits per heavy atom. The average Bonchev–Trinajstić information content (AvgIpc) is 3.07. The number of carbonyl (C=O) groups is 2. The zero-order chi connectivity index (χ0) is 20.9. The van der Waals surface area contributed by atoms with E-state index >= 15 is 0 Å². The number of nitrogens with two attached hydrogens (primary N) is 1. The van der Waals surface area contributed by atoms with E-state index in [9.17, 15) is 9.59 Å². The summed E-state index contributed by atoms with van der Waals surface area (Å²) in [6.07, 6.45) is 8.65. The summed E-state index contributed by atoms with van der Waals surface area (Å²) >= 11 is 3.41. The lowest BCUT2D eigenvalue weighted by Gasteiger charge is -2.57. The Labute approximate surface area is 181 Å². The minimum atomic E-state index is -0.543. The molecule has 0 unspecified atom stereocenters. The third-order valence-electron chi connectivity index (χ3n) is 6.04. The van der Waals surface area contributed by atoms with E-state index in [0.29, 0.717) is 17.1 Å². The number of ether oxygens (including phenoxy) is 1. The predicted molar refractivity (Wildman–Crippen MR) is 112 cm³/mol. The molecule has 2 fully saturated rings. The maximum atomic E-state index is 12.7. The van der Waals surface area contributed by atoms with Gasteiger partial charge in [0.2, 0.25) is 5.88 Å². The number of hydrogen-bond donors (Lipinski definition) is 2. The highest BCUT2D eigenvalue weighted by molar-refractivity contribution is 9.10. The molecule has 5 rings (SSSR count). The number of fused-ring (bicyclic) bond motifs is 1. The van der Waals surface area contributed by atoms with Gasteiger partial charge in [0.05, 0.1) is 6.20 Å². The number of hydrogen-bond acceptors (Lipinski definition) is 5. The van der Waals surface area contributed by atoms with Gasteiger partial charge in [0.1, 0.15) is 23.0 Å². The summed E-state index contributed by atoms with van der Waals surface area (Å²) in [5.41, 5.74) is 7.14. The van der Waals surface area contributed by atoms with Crippen LogP contribution in [0.1, 0.15) is 46.5 Å². The second-order valence-electron chi connectivity index (χ2n) is 8.16. The number of primary amides is 1. The zero-order valence-corrected chi connectivity index (χ0v) is 17.6. The Hall–Kier alpha value is -2.94. The van der Waals surface area contributed by atoms with Crippen molar-refractivity contribution in [2.24, 2.45) is 11.1 Å². The molecule has 30 heavy (non-hydrogen) atoms. The number of nitrogens with one attached hydrogen (secondary N) is 1. The number of imidazole rings is 1. The molecule has 0 atom stereocenters. The highest BCUT2D eigenvalue weighted by Gasteiger charge is 2.54. The summed E-state index contributed by atoms with van der Waals surface area (Å²) in [6.45, 7) is 0. The van der Waals surface area contributed by atoms with Gasteiger partial charge in [-0.2, -0.15) is 0 Å². The van der Waals surface area contributed by atoms with Gasteiger partial charge in [0, 0.05) is 22.9 Å². The van der Waals surface area contributed by atoms with Gasteiger partial charge in [-0.15, -0.1) is 0 Å². The fraction of sp³-hybridized carbons (Fsp3) is 0.333. The van der Waals surface area contributed by atoms with Crippen molar-refractivity contribution >= 4 is 33.4 Å². The molecule has 3 aromatic heterocycles. The Morgan fingerprint density at radius 1 is 1.23 bits per heavy atom. The molecule has 0 aliphatic heterocycles. The van der Waals surface area contributed by atoms with E-state index in [4.69, 9.17) is 10.5 Å². The summed E-state index contributed by atoms with van der Waals surface area (Å²) in [6, 6.07) is 7.18. The van der Waals surface area contributed by atoms with Gasteiger partial charge in [-0.25, -0.2) is 9.97 Å². The van der Waals surface area contributed by atoms with Crippen molar-refractivity contribution in [3.63, 3.8) is 0 Å². The molecule has 3 N–H and O–H groups in total. The van der Waals surface area contributed by atoms with Crippen LogP contribution in [0.25, 0.3) is 5.65 Å². The zero-order valence-electron chi connectivity index (χ0n) is 16.0.